The molecule has 0 amide bonds. The van der Waals surface area contributed by atoms with Gasteiger partial charge in [0.2, 0.25) is 0 Å². The van der Waals surface area contributed by atoms with Crippen LogP contribution < -0.4 is 5.43 Å². The smallest absolute Gasteiger partial charge is 0.162 e. The molecule has 0 fully saturated rings. The fraction of sp³-hybridized carbons (Fsp3) is 0.0769. The molecule has 1 aromatic carbocycles. The number of hydrogen-bond acceptors (Lipinski definition) is 3. The Hall–Kier alpha value is -1.94. The molecule has 17 heavy (non-hydrogen) atoms. The zero-order valence-corrected chi connectivity index (χ0v) is 10.2. The number of furan rings is 1. The Labute approximate surface area is 105 Å². The Morgan fingerprint density at radius 3 is 2.82 bits per heavy atom. The van der Waals surface area contributed by atoms with Gasteiger partial charge in [0.05, 0.1) is 12.5 Å². The van der Waals surface area contributed by atoms with Crippen molar-refractivity contribution in [2.75, 3.05) is 0 Å². The van der Waals surface area contributed by atoms with Crippen molar-refractivity contribution in [3.8, 4) is 0 Å². The van der Waals surface area contributed by atoms with Gasteiger partial charge in [0, 0.05) is 0 Å². The van der Waals surface area contributed by atoms with Crippen LogP contribution >= 0.6 is 12.2 Å². The lowest BCUT2D eigenvalue weighted by atomic mass is 10.1. The van der Waals surface area contributed by atoms with E-state index in [1.54, 1.807) is 24.6 Å². The summed E-state index contributed by atoms with van der Waals surface area (Å²) in [5.74, 6) is 0.613. The highest BCUT2D eigenvalue weighted by molar-refractivity contribution is 7.80. The lowest BCUT2D eigenvalue weighted by Crippen LogP contribution is -2.15. The number of nitrogens with zero attached hydrogens (tertiary/aromatic N) is 1. The van der Waals surface area contributed by atoms with Crippen molar-refractivity contribution in [1.82, 2.24) is 5.43 Å². The van der Waals surface area contributed by atoms with E-state index in [1.807, 2.05) is 31.2 Å². The summed E-state index contributed by atoms with van der Waals surface area (Å²) in [6, 6.07) is 11.6. The maximum atomic E-state index is 5.14. The van der Waals surface area contributed by atoms with Gasteiger partial charge in [0.25, 0.3) is 0 Å². The Morgan fingerprint density at radius 2 is 2.12 bits per heavy atom. The number of thiocarbonyl (C=S) groups is 1. The van der Waals surface area contributed by atoms with E-state index in [9.17, 15) is 0 Å². The molecule has 0 saturated carbocycles. The van der Waals surface area contributed by atoms with Crippen molar-refractivity contribution in [3.63, 3.8) is 0 Å². The maximum absolute atomic E-state index is 5.14. The first-order valence-electron chi connectivity index (χ1n) is 5.20. The number of rotatable bonds is 3. The molecular weight excluding hydrogens is 232 g/mol. The van der Waals surface area contributed by atoms with Crippen LogP contribution in [-0.4, -0.2) is 11.2 Å². The van der Waals surface area contributed by atoms with E-state index in [4.69, 9.17) is 16.6 Å². The average Bonchev–Trinajstić information content (AvgIpc) is 2.85. The summed E-state index contributed by atoms with van der Waals surface area (Å²) in [5, 5.41) is 4.08. The van der Waals surface area contributed by atoms with Crippen LogP contribution in [0.2, 0.25) is 0 Å². The molecule has 0 aliphatic rings. The zero-order chi connectivity index (χ0) is 12.1. The molecule has 86 valence electrons. The summed E-state index contributed by atoms with van der Waals surface area (Å²) in [5.41, 5.74) is 4.99. The van der Waals surface area contributed by atoms with Crippen molar-refractivity contribution in [3.05, 3.63) is 59.5 Å². The number of hydrazone groups is 1. The predicted octanol–water partition coefficient (Wildman–Crippen LogP) is 2.89. The Balaban J connectivity index is 1.99. The predicted molar refractivity (Wildman–Crippen MR) is 72.3 cm³/mol. The molecule has 0 saturated heterocycles. The van der Waals surface area contributed by atoms with Gasteiger partial charge in [-0.2, -0.15) is 5.10 Å². The standard InChI is InChI=1S/C13H12N2OS/c1-10-5-2-3-6-11(10)9-14-15-13(17)12-7-4-8-16-12/h2-9H,1H3,(H,15,17)/b14-9+. The van der Waals surface area contributed by atoms with Gasteiger partial charge < -0.3 is 4.42 Å². The van der Waals surface area contributed by atoms with E-state index in [-0.39, 0.29) is 0 Å². The molecule has 1 aromatic heterocycles. The molecule has 0 aliphatic heterocycles. The molecule has 0 unspecified atom stereocenters. The molecule has 0 atom stereocenters. The molecule has 0 bridgehead atoms. The number of nitrogens with one attached hydrogen (secondary N) is 1. The average molecular weight is 244 g/mol. The third-order valence-electron chi connectivity index (χ3n) is 2.30. The van der Waals surface area contributed by atoms with Crippen LogP contribution in [0.3, 0.4) is 0 Å². The summed E-state index contributed by atoms with van der Waals surface area (Å²) >= 11 is 5.10. The summed E-state index contributed by atoms with van der Waals surface area (Å²) in [7, 11) is 0. The molecule has 1 heterocycles. The second kappa shape index (κ2) is 5.41. The zero-order valence-electron chi connectivity index (χ0n) is 9.38. The first-order chi connectivity index (χ1) is 8.27. The Morgan fingerprint density at radius 1 is 1.29 bits per heavy atom. The van der Waals surface area contributed by atoms with E-state index < -0.39 is 0 Å². The lowest BCUT2D eigenvalue weighted by molar-refractivity contribution is 0.556. The molecule has 0 spiro atoms. The fourth-order valence-electron chi connectivity index (χ4n) is 1.35. The van der Waals surface area contributed by atoms with Crippen LogP contribution in [0.5, 0.6) is 0 Å². The quantitative estimate of drug-likeness (QED) is 0.512. The second-order valence-corrected chi connectivity index (χ2v) is 3.94. The van der Waals surface area contributed by atoms with Crippen molar-refractivity contribution in [1.29, 1.82) is 0 Å². The largest absolute Gasteiger partial charge is 0.462 e. The molecule has 2 aromatic rings. The first kappa shape index (κ1) is 11.5. The van der Waals surface area contributed by atoms with Gasteiger partial charge in [-0.15, -0.1) is 0 Å². The van der Waals surface area contributed by atoms with Crippen molar-refractivity contribution in [2.24, 2.45) is 5.10 Å². The Kier molecular flexibility index (Phi) is 3.67. The summed E-state index contributed by atoms with van der Waals surface area (Å²) in [6.45, 7) is 2.03. The van der Waals surface area contributed by atoms with Crippen molar-refractivity contribution < 1.29 is 4.42 Å². The fourth-order valence-corrected chi connectivity index (χ4v) is 1.52. The van der Waals surface area contributed by atoms with Crippen LogP contribution in [0.15, 0.2) is 52.2 Å². The first-order valence-corrected chi connectivity index (χ1v) is 5.61. The maximum Gasteiger partial charge on any atom is 0.162 e. The van der Waals surface area contributed by atoms with E-state index in [2.05, 4.69) is 10.5 Å². The van der Waals surface area contributed by atoms with Gasteiger partial charge in [-0.1, -0.05) is 36.5 Å². The number of aryl methyl sites for hydroxylation is 1. The lowest BCUT2D eigenvalue weighted by Gasteiger charge is -2.00. The highest BCUT2D eigenvalue weighted by atomic mass is 32.1. The van der Waals surface area contributed by atoms with Gasteiger partial charge in [0.15, 0.2) is 10.7 Å². The molecule has 0 aliphatic carbocycles. The van der Waals surface area contributed by atoms with Crippen LogP contribution in [0.25, 0.3) is 0 Å². The van der Waals surface area contributed by atoms with Crippen molar-refractivity contribution >= 4 is 23.4 Å². The minimum atomic E-state index is 0.472. The SMILES string of the molecule is Cc1ccccc1/C=N/NC(=S)c1ccco1. The van der Waals surface area contributed by atoms with E-state index in [0.717, 1.165) is 5.56 Å². The summed E-state index contributed by atoms with van der Waals surface area (Å²) in [4.78, 5) is 0.472. The monoisotopic (exact) mass is 244 g/mol. The number of hydrogen-bond donors (Lipinski definition) is 1. The molecular formula is C13H12N2OS. The molecule has 4 heteroatoms. The number of benzene rings is 1. The molecule has 3 nitrogen and oxygen atoms in total. The normalized spacial score (nSPS) is 10.6. The van der Waals surface area contributed by atoms with Crippen molar-refractivity contribution in [2.45, 2.75) is 6.92 Å². The molecule has 1 N–H and O–H groups in total. The Bertz CT molecular complexity index is 532. The third-order valence-corrected chi connectivity index (χ3v) is 2.60. The summed E-state index contributed by atoms with van der Waals surface area (Å²) < 4.78 is 5.14. The van der Waals surface area contributed by atoms with E-state index in [0.29, 0.717) is 10.7 Å². The highest BCUT2D eigenvalue weighted by Gasteiger charge is 2.01. The third kappa shape index (κ3) is 3.01. The summed E-state index contributed by atoms with van der Waals surface area (Å²) in [6.07, 6.45) is 3.32. The van der Waals surface area contributed by atoms with Crippen LogP contribution in [-0.2, 0) is 0 Å². The van der Waals surface area contributed by atoms with Gasteiger partial charge >= 0.3 is 0 Å². The second-order valence-electron chi connectivity index (χ2n) is 3.53. The highest BCUT2D eigenvalue weighted by Crippen LogP contribution is 2.04. The van der Waals surface area contributed by atoms with Gasteiger partial charge in [-0.3, -0.25) is 5.43 Å². The molecule has 0 radical (unpaired) electrons. The molecule has 2 rings (SSSR count). The van der Waals surface area contributed by atoms with E-state index >= 15 is 0 Å². The minimum Gasteiger partial charge on any atom is -0.462 e. The topological polar surface area (TPSA) is 37.5 Å². The van der Waals surface area contributed by atoms with Crippen LogP contribution in [0, 0.1) is 6.92 Å². The minimum absolute atomic E-state index is 0.472. The van der Waals surface area contributed by atoms with Crippen LogP contribution in [0.4, 0.5) is 0 Å². The van der Waals surface area contributed by atoms with Gasteiger partial charge in [0.1, 0.15) is 0 Å². The van der Waals surface area contributed by atoms with Gasteiger partial charge in [-0.05, 0) is 30.2 Å². The van der Waals surface area contributed by atoms with E-state index in [1.165, 1.54) is 5.56 Å². The van der Waals surface area contributed by atoms with Gasteiger partial charge in [-0.25, -0.2) is 0 Å². The van der Waals surface area contributed by atoms with Crippen LogP contribution in [0.1, 0.15) is 16.9 Å².